The molecule has 0 saturated heterocycles. The monoisotopic (exact) mass is 247 g/mol. The number of halogens is 1. The fourth-order valence-electron chi connectivity index (χ4n) is 1.30. The zero-order valence-electron chi connectivity index (χ0n) is 7.45. The van der Waals surface area contributed by atoms with Gasteiger partial charge in [-0.15, -0.1) is 0 Å². The molecule has 0 saturated carbocycles. The van der Waals surface area contributed by atoms with Crippen molar-refractivity contribution in [2.24, 2.45) is 0 Å². The van der Waals surface area contributed by atoms with Gasteiger partial charge in [-0.2, -0.15) is 5.26 Å². The van der Waals surface area contributed by atoms with E-state index in [1.165, 1.54) is 0 Å². The predicted molar refractivity (Wildman–Crippen MR) is 56.7 cm³/mol. The number of hydrogen-bond donors (Lipinski definition) is 0. The number of benzene rings is 1. The highest BCUT2D eigenvalue weighted by atomic mass is 79.9. The van der Waals surface area contributed by atoms with Crippen molar-refractivity contribution >= 4 is 26.8 Å². The summed E-state index contributed by atoms with van der Waals surface area (Å²) >= 11 is 3.35. The van der Waals surface area contributed by atoms with Crippen molar-refractivity contribution in [3.8, 4) is 6.07 Å². The molecule has 0 spiro atoms. The van der Waals surface area contributed by atoms with Crippen LogP contribution in [0.3, 0.4) is 0 Å². The highest BCUT2D eigenvalue weighted by Crippen LogP contribution is 2.20. The normalized spacial score (nSPS) is 10.1. The molecular weight excluding hydrogens is 242 g/mol. The SMILES string of the molecule is Cc1nc(C#N)c2cc(Br)ccc2n1. The Bertz CT molecular complexity index is 543. The largest absolute Gasteiger partial charge is 0.233 e. The molecule has 0 aliphatic heterocycles. The molecule has 1 heterocycles. The zero-order valence-corrected chi connectivity index (χ0v) is 9.04. The van der Waals surface area contributed by atoms with Crippen LogP contribution in [0.2, 0.25) is 0 Å². The number of rotatable bonds is 0. The summed E-state index contributed by atoms with van der Waals surface area (Å²) in [6.07, 6.45) is 0. The molecule has 0 amide bonds. The second-order valence-electron chi connectivity index (χ2n) is 2.89. The number of nitriles is 1. The first-order valence-electron chi connectivity index (χ1n) is 4.05. The standard InChI is InChI=1S/C10H6BrN3/c1-6-13-9-3-2-7(11)4-8(9)10(5-12)14-6/h2-4H,1H3. The summed E-state index contributed by atoms with van der Waals surface area (Å²) < 4.78 is 0.925. The minimum Gasteiger partial charge on any atom is -0.233 e. The lowest BCUT2D eigenvalue weighted by Gasteiger charge is -2.00. The van der Waals surface area contributed by atoms with E-state index in [0.717, 1.165) is 15.4 Å². The Morgan fingerprint density at radius 3 is 2.86 bits per heavy atom. The fourth-order valence-corrected chi connectivity index (χ4v) is 1.66. The molecule has 2 aromatic rings. The average Bonchev–Trinajstić information content (AvgIpc) is 2.17. The number of nitrogens with zero attached hydrogens (tertiary/aromatic N) is 3. The number of hydrogen-bond acceptors (Lipinski definition) is 3. The molecule has 1 aromatic heterocycles. The van der Waals surface area contributed by atoms with Gasteiger partial charge in [-0.25, -0.2) is 9.97 Å². The molecule has 2 rings (SSSR count). The van der Waals surface area contributed by atoms with Crippen LogP contribution in [-0.4, -0.2) is 9.97 Å². The van der Waals surface area contributed by atoms with Gasteiger partial charge in [0, 0.05) is 9.86 Å². The zero-order chi connectivity index (χ0) is 10.1. The molecule has 0 radical (unpaired) electrons. The van der Waals surface area contributed by atoms with Gasteiger partial charge in [0.15, 0.2) is 5.69 Å². The molecule has 0 fully saturated rings. The average molecular weight is 248 g/mol. The van der Waals surface area contributed by atoms with Crippen molar-refractivity contribution in [2.75, 3.05) is 0 Å². The van der Waals surface area contributed by atoms with E-state index in [1.54, 1.807) is 6.92 Å². The molecule has 0 aliphatic carbocycles. The summed E-state index contributed by atoms with van der Waals surface area (Å²) in [4.78, 5) is 8.31. The van der Waals surface area contributed by atoms with Crippen molar-refractivity contribution in [1.29, 1.82) is 5.26 Å². The second-order valence-corrected chi connectivity index (χ2v) is 3.81. The molecule has 4 heteroatoms. The summed E-state index contributed by atoms with van der Waals surface area (Å²) in [6.45, 7) is 1.78. The van der Waals surface area contributed by atoms with Crippen LogP contribution in [-0.2, 0) is 0 Å². The van der Waals surface area contributed by atoms with Gasteiger partial charge in [-0.1, -0.05) is 15.9 Å². The molecule has 0 aliphatic rings. The molecular formula is C10H6BrN3. The summed E-state index contributed by atoms with van der Waals surface area (Å²) in [5, 5.41) is 9.68. The molecule has 0 N–H and O–H groups in total. The Morgan fingerprint density at radius 2 is 2.14 bits per heavy atom. The van der Waals surface area contributed by atoms with Gasteiger partial charge < -0.3 is 0 Å². The Hall–Kier alpha value is -1.47. The second kappa shape index (κ2) is 3.35. The molecule has 0 unspecified atom stereocenters. The lowest BCUT2D eigenvalue weighted by atomic mass is 10.2. The van der Waals surface area contributed by atoms with E-state index in [9.17, 15) is 0 Å². The lowest BCUT2D eigenvalue weighted by molar-refractivity contribution is 1.07. The topological polar surface area (TPSA) is 49.6 Å². The van der Waals surface area contributed by atoms with Crippen LogP contribution in [0.5, 0.6) is 0 Å². The maximum Gasteiger partial charge on any atom is 0.152 e. The third-order valence-electron chi connectivity index (χ3n) is 1.88. The van der Waals surface area contributed by atoms with Crippen molar-refractivity contribution in [3.05, 3.63) is 34.2 Å². The van der Waals surface area contributed by atoms with Gasteiger partial charge in [0.05, 0.1) is 5.52 Å². The first-order chi connectivity index (χ1) is 6.70. The number of aryl methyl sites for hydroxylation is 1. The van der Waals surface area contributed by atoms with Crippen molar-refractivity contribution in [2.45, 2.75) is 6.92 Å². The summed E-state index contributed by atoms with van der Waals surface area (Å²) in [7, 11) is 0. The third kappa shape index (κ3) is 1.47. The minimum atomic E-state index is 0.425. The van der Waals surface area contributed by atoms with Gasteiger partial charge in [0.25, 0.3) is 0 Å². The van der Waals surface area contributed by atoms with Gasteiger partial charge in [-0.05, 0) is 25.1 Å². The fraction of sp³-hybridized carbons (Fsp3) is 0.100. The molecule has 1 aromatic carbocycles. The van der Waals surface area contributed by atoms with Crippen LogP contribution >= 0.6 is 15.9 Å². The highest BCUT2D eigenvalue weighted by Gasteiger charge is 2.04. The molecule has 0 bridgehead atoms. The first-order valence-corrected chi connectivity index (χ1v) is 4.84. The van der Waals surface area contributed by atoms with E-state index in [-0.39, 0.29) is 0 Å². The Morgan fingerprint density at radius 1 is 1.36 bits per heavy atom. The van der Waals surface area contributed by atoms with Crippen LogP contribution in [0.15, 0.2) is 22.7 Å². The minimum absolute atomic E-state index is 0.425. The van der Waals surface area contributed by atoms with E-state index in [4.69, 9.17) is 5.26 Å². The smallest absolute Gasteiger partial charge is 0.152 e. The summed E-state index contributed by atoms with van der Waals surface area (Å²) in [6, 6.07) is 7.69. The van der Waals surface area contributed by atoms with Crippen LogP contribution in [0.25, 0.3) is 10.9 Å². The van der Waals surface area contributed by atoms with Gasteiger partial charge >= 0.3 is 0 Å². The Kier molecular flexibility index (Phi) is 2.18. The van der Waals surface area contributed by atoms with E-state index in [1.807, 2.05) is 18.2 Å². The van der Waals surface area contributed by atoms with E-state index >= 15 is 0 Å². The summed E-state index contributed by atoms with van der Waals surface area (Å²) in [5.74, 6) is 0.622. The Labute approximate surface area is 89.5 Å². The number of aromatic nitrogens is 2. The van der Waals surface area contributed by atoms with E-state index < -0.39 is 0 Å². The molecule has 14 heavy (non-hydrogen) atoms. The number of fused-ring (bicyclic) bond motifs is 1. The molecule has 3 nitrogen and oxygen atoms in total. The predicted octanol–water partition coefficient (Wildman–Crippen LogP) is 2.57. The van der Waals surface area contributed by atoms with Gasteiger partial charge in [-0.3, -0.25) is 0 Å². The van der Waals surface area contributed by atoms with Crippen LogP contribution < -0.4 is 0 Å². The van der Waals surface area contributed by atoms with Gasteiger partial charge in [0.1, 0.15) is 11.9 Å². The Balaban J connectivity index is 2.90. The quantitative estimate of drug-likeness (QED) is 0.719. The first kappa shape index (κ1) is 9.10. The van der Waals surface area contributed by atoms with Crippen molar-refractivity contribution in [3.63, 3.8) is 0 Å². The van der Waals surface area contributed by atoms with Crippen molar-refractivity contribution in [1.82, 2.24) is 9.97 Å². The van der Waals surface area contributed by atoms with E-state index in [2.05, 4.69) is 32.0 Å². The molecule has 68 valence electrons. The maximum atomic E-state index is 8.90. The highest BCUT2D eigenvalue weighted by molar-refractivity contribution is 9.10. The third-order valence-corrected chi connectivity index (χ3v) is 2.37. The maximum absolute atomic E-state index is 8.90. The van der Waals surface area contributed by atoms with Crippen LogP contribution in [0.1, 0.15) is 11.5 Å². The van der Waals surface area contributed by atoms with Crippen LogP contribution in [0.4, 0.5) is 0 Å². The van der Waals surface area contributed by atoms with Gasteiger partial charge in [0.2, 0.25) is 0 Å². The lowest BCUT2D eigenvalue weighted by Crippen LogP contribution is -1.93. The van der Waals surface area contributed by atoms with Crippen molar-refractivity contribution < 1.29 is 0 Å². The van der Waals surface area contributed by atoms with Crippen LogP contribution in [0, 0.1) is 18.3 Å². The van der Waals surface area contributed by atoms with E-state index in [0.29, 0.717) is 11.5 Å². The summed E-state index contributed by atoms with van der Waals surface area (Å²) in [5.41, 5.74) is 1.23. The molecule has 0 atom stereocenters.